The van der Waals surface area contributed by atoms with Gasteiger partial charge in [-0.15, -0.1) is 0 Å². The zero-order valence-corrected chi connectivity index (χ0v) is 11.7. The highest BCUT2D eigenvalue weighted by atomic mass is 16.5. The summed E-state index contributed by atoms with van der Waals surface area (Å²) in [4.78, 5) is 11.4. The van der Waals surface area contributed by atoms with Crippen LogP contribution in [0, 0.1) is 0 Å². The lowest BCUT2D eigenvalue weighted by atomic mass is 10.1. The Morgan fingerprint density at radius 1 is 1.24 bits per heavy atom. The highest BCUT2D eigenvalue weighted by molar-refractivity contribution is 6.06. The summed E-state index contributed by atoms with van der Waals surface area (Å²) in [5.41, 5.74) is 0.896. The van der Waals surface area contributed by atoms with Crippen molar-refractivity contribution in [3.8, 4) is 11.5 Å². The number of ether oxygens (including phenoxy) is 1. The van der Waals surface area contributed by atoms with Crippen molar-refractivity contribution in [2.75, 3.05) is 6.61 Å². The fraction of sp³-hybridized carbons (Fsp3) is 0.188. The quantitative estimate of drug-likeness (QED) is 0.588. The second-order valence-electron chi connectivity index (χ2n) is 4.93. The van der Waals surface area contributed by atoms with Gasteiger partial charge in [-0.2, -0.15) is 0 Å². The van der Waals surface area contributed by atoms with Crippen LogP contribution in [0.2, 0.25) is 0 Å². The second kappa shape index (κ2) is 5.01. The molecule has 0 aliphatic rings. The van der Waals surface area contributed by atoms with E-state index in [1.54, 1.807) is 12.1 Å². The first-order valence-corrected chi connectivity index (χ1v) is 6.50. The third-order valence-electron chi connectivity index (χ3n) is 3.14. The predicted molar refractivity (Wildman–Crippen MR) is 78.8 cm³/mol. The van der Waals surface area contributed by atoms with Crippen LogP contribution in [0.3, 0.4) is 0 Å². The van der Waals surface area contributed by atoms with E-state index in [-0.39, 0.29) is 16.9 Å². The van der Waals surface area contributed by atoms with Crippen molar-refractivity contribution in [1.82, 2.24) is 0 Å². The van der Waals surface area contributed by atoms with Gasteiger partial charge in [0, 0.05) is 6.07 Å². The molecule has 2 aromatic heterocycles. The first kappa shape index (κ1) is 13.3. The van der Waals surface area contributed by atoms with Gasteiger partial charge in [0.1, 0.15) is 12.4 Å². The Labute approximate surface area is 120 Å². The molecule has 1 N–H and O–H groups in total. The third kappa shape index (κ3) is 2.27. The maximum absolute atomic E-state index is 11.4. The Morgan fingerprint density at radius 2 is 2.00 bits per heavy atom. The van der Waals surface area contributed by atoms with E-state index < -0.39 is 5.63 Å². The lowest BCUT2D eigenvalue weighted by Crippen LogP contribution is -1.99. The molecule has 0 spiro atoms. The number of benzene rings is 1. The summed E-state index contributed by atoms with van der Waals surface area (Å²) in [7, 11) is 0. The normalized spacial score (nSPS) is 11.0. The van der Waals surface area contributed by atoms with Crippen molar-refractivity contribution in [3.05, 3.63) is 46.5 Å². The number of aromatic hydroxyl groups is 1. The maximum atomic E-state index is 11.4. The van der Waals surface area contributed by atoms with Gasteiger partial charge in [0.15, 0.2) is 11.2 Å². The summed E-state index contributed by atoms with van der Waals surface area (Å²) < 4.78 is 16.1. The zero-order chi connectivity index (χ0) is 15.0. The topological polar surface area (TPSA) is 72.8 Å². The van der Waals surface area contributed by atoms with Crippen LogP contribution in [0.1, 0.15) is 13.8 Å². The molecule has 0 aliphatic carbocycles. The standard InChI is InChI=1S/C16H14O5/c1-9(2)5-7-19-14-10-3-4-12(17)21-16(10)13(18)15-11(14)6-8-20-15/h3-6,8,18H,7H2,1-2H3. The first-order chi connectivity index (χ1) is 10.1. The molecule has 3 aromatic rings. The summed E-state index contributed by atoms with van der Waals surface area (Å²) in [6.45, 7) is 4.33. The van der Waals surface area contributed by atoms with E-state index in [2.05, 4.69) is 0 Å². The molecule has 0 aliphatic heterocycles. The molecule has 5 nitrogen and oxygen atoms in total. The number of rotatable bonds is 3. The molecule has 108 valence electrons. The molecule has 0 fully saturated rings. The molecule has 0 radical (unpaired) electrons. The summed E-state index contributed by atoms with van der Waals surface area (Å²) in [6, 6.07) is 4.57. The number of furan rings is 1. The van der Waals surface area contributed by atoms with Crippen LogP contribution in [0.5, 0.6) is 11.5 Å². The second-order valence-corrected chi connectivity index (χ2v) is 4.93. The van der Waals surface area contributed by atoms with E-state index >= 15 is 0 Å². The molecule has 0 amide bonds. The van der Waals surface area contributed by atoms with Gasteiger partial charge in [0.05, 0.1) is 17.0 Å². The number of phenolic OH excluding ortho intramolecular Hbond substituents is 1. The molecule has 5 heteroatoms. The van der Waals surface area contributed by atoms with Crippen LogP contribution in [-0.2, 0) is 0 Å². The Kier molecular flexibility index (Phi) is 3.17. The number of allylic oxidation sites excluding steroid dienone is 1. The van der Waals surface area contributed by atoms with Gasteiger partial charge in [-0.3, -0.25) is 0 Å². The largest absolute Gasteiger partial charge is 0.502 e. The number of fused-ring (bicyclic) bond motifs is 2. The number of phenols is 1. The first-order valence-electron chi connectivity index (χ1n) is 6.50. The van der Waals surface area contributed by atoms with Crippen molar-refractivity contribution in [3.63, 3.8) is 0 Å². The zero-order valence-electron chi connectivity index (χ0n) is 11.7. The van der Waals surface area contributed by atoms with Crippen molar-refractivity contribution in [1.29, 1.82) is 0 Å². The number of hydrogen-bond donors (Lipinski definition) is 1. The molecule has 0 atom stereocenters. The molecule has 21 heavy (non-hydrogen) atoms. The molecule has 2 heterocycles. The Hall–Kier alpha value is -2.69. The minimum Gasteiger partial charge on any atom is -0.502 e. The summed E-state index contributed by atoms with van der Waals surface area (Å²) in [6.07, 6.45) is 3.39. The minimum atomic E-state index is -0.543. The molecule has 3 rings (SSSR count). The van der Waals surface area contributed by atoms with Gasteiger partial charge in [-0.25, -0.2) is 4.79 Å². The molecular weight excluding hydrogens is 272 g/mol. The maximum Gasteiger partial charge on any atom is 0.336 e. The fourth-order valence-corrected chi connectivity index (χ4v) is 2.14. The molecule has 0 saturated carbocycles. The van der Waals surface area contributed by atoms with E-state index in [0.29, 0.717) is 23.1 Å². The molecule has 1 aromatic carbocycles. The van der Waals surface area contributed by atoms with Crippen LogP contribution < -0.4 is 10.4 Å². The highest BCUT2D eigenvalue weighted by Gasteiger charge is 2.19. The van der Waals surface area contributed by atoms with E-state index in [9.17, 15) is 9.90 Å². The van der Waals surface area contributed by atoms with Gasteiger partial charge >= 0.3 is 5.63 Å². The van der Waals surface area contributed by atoms with Crippen LogP contribution in [0.25, 0.3) is 21.9 Å². The Morgan fingerprint density at radius 3 is 2.76 bits per heavy atom. The summed E-state index contributed by atoms with van der Waals surface area (Å²) in [5.74, 6) is 0.324. The van der Waals surface area contributed by atoms with Gasteiger partial charge in [-0.05, 0) is 32.1 Å². The van der Waals surface area contributed by atoms with E-state index in [4.69, 9.17) is 13.6 Å². The van der Waals surface area contributed by atoms with Gasteiger partial charge in [0.25, 0.3) is 0 Å². The third-order valence-corrected chi connectivity index (χ3v) is 3.14. The van der Waals surface area contributed by atoms with Crippen molar-refractivity contribution in [2.45, 2.75) is 13.8 Å². The average molecular weight is 286 g/mol. The molecule has 0 saturated heterocycles. The minimum absolute atomic E-state index is 0.0668. The summed E-state index contributed by atoms with van der Waals surface area (Å²) in [5, 5.41) is 11.3. The summed E-state index contributed by atoms with van der Waals surface area (Å²) >= 11 is 0. The Balaban J connectivity index is 2.27. The van der Waals surface area contributed by atoms with Crippen LogP contribution in [0.4, 0.5) is 0 Å². The van der Waals surface area contributed by atoms with Crippen LogP contribution >= 0.6 is 0 Å². The predicted octanol–water partition coefficient (Wildman–Crippen LogP) is 3.59. The van der Waals surface area contributed by atoms with Crippen LogP contribution in [0.15, 0.2) is 49.7 Å². The van der Waals surface area contributed by atoms with E-state index in [1.807, 2.05) is 19.9 Å². The highest BCUT2D eigenvalue weighted by Crippen LogP contribution is 2.41. The molecular formula is C16H14O5. The van der Waals surface area contributed by atoms with Crippen molar-refractivity contribution >= 4 is 21.9 Å². The smallest absolute Gasteiger partial charge is 0.336 e. The van der Waals surface area contributed by atoms with Crippen LogP contribution in [-0.4, -0.2) is 11.7 Å². The fourth-order valence-electron chi connectivity index (χ4n) is 2.14. The average Bonchev–Trinajstić information content (AvgIpc) is 2.92. The lowest BCUT2D eigenvalue weighted by molar-refractivity contribution is 0.368. The van der Waals surface area contributed by atoms with E-state index in [0.717, 1.165) is 5.57 Å². The van der Waals surface area contributed by atoms with E-state index in [1.165, 1.54) is 12.3 Å². The van der Waals surface area contributed by atoms with Crippen molar-refractivity contribution < 1.29 is 18.7 Å². The Bertz CT molecular complexity index is 894. The van der Waals surface area contributed by atoms with Gasteiger partial charge < -0.3 is 18.7 Å². The molecule has 0 bridgehead atoms. The molecule has 0 unspecified atom stereocenters. The van der Waals surface area contributed by atoms with Gasteiger partial charge in [0.2, 0.25) is 5.75 Å². The lowest BCUT2D eigenvalue weighted by Gasteiger charge is -2.09. The van der Waals surface area contributed by atoms with Gasteiger partial charge in [-0.1, -0.05) is 5.57 Å². The SMILES string of the molecule is CC(C)=CCOc1c2ccoc2c(O)c2oc(=O)ccc12. The monoisotopic (exact) mass is 286 g/mol. The number of hydrogen-bond acceptors (Lipinski definition) is 5. The van der Waals surface area contributed by atoms with Crippen molar-refractivity contribution in [2.24, 2.45) is 0 Å².